The number of hydroxylamine groups is 2. The van der Waals surface area contributed by atoms with Gasteiger partial charge in [0.25, 0.3) is 0 Å². The van der Waals surface area contributed by atoms with Gasteiger partial charge in [-0.1, -0.05) is 19.4 Å². The molecule has 0 heterocycles. The molecule has 0 saturated heterocycles. The lowest BCUT2D eigenvalue weighted by Crippen LogP contribution is -2.30. The third kappa shape index (κ3) is 7.49. The summed E-state index contributed by atoms with van der Waals surface area (Å²) in [6, 6.07) is 0. The van der Waals surface area contributed by atoms with Crippen LogP contribution in [0.3, 0.4) is 0 Å². The lowest BCUT2D eigenvalue weighted by atomic mass is 10.4. The maximum absolute atomic E-state index is 10.4. The van der Waals surface area contributed by atoms with Gasteiger partial charge in [0.1, 0.15) is 6.54 Å². The second-order valence-electron chi connectivity index (χ2n) is 2.69. The maximum Gasteiger partial charge on any atom is 0.320 e. The zero-order valence-electron chi connectivity index (χ0n) is 8.03. The number of unbranched alkanes of at least 4 members (excludes halogenated alkanes) is 1. The normalized spacial score (nSPS) is 10.3. The molecule has 13 heavy (non-hydrogen) atoms. The van der Waals surface area contributed by atoms with Gasteiger partial charge < -0.3 is 5.11 Å². The first-order valence-electron chi connectivity index (χ1n) is 4.41. The van der Waals surface area contributed by atoms with Crippen LogP contribution in [0.25, 0.3) is 0 Å². The van der Waals surface area contributed by atoms with Crippen LogP contribution in [0, 0.1) is 0 Å². The lowest BCUT2D eigenvalue weighted by Gasteiger charge is -2.17. The van der Waals surface area contributed by atoms with Crippen molar-refractivity contribution in [3.8, 4) is 0 Å². The minimum atomic E-state index is -0.890. The Morgan fingerprint density at radius 2 is 2.38 bits per heavy atom. The van der Waals surface area contributed by atoms with Gasteiger partial charge in [-0.05, 0) is 6.42 Å². The molecule has 4 heteroatoms. The molecule has 0 fully saturated rings. The summed E-state index contributed by atoms with van der Waals surface area (Å²) in [5, 5.41) is 9.90. The molecule has 0 rings (SSSR count). The molecule has 0 aromatic heterocycles. The largest absolute Gasteiger partial charge is 0.480 e. The molecule has 0 amide bonds. The molecule has 0 radical (unpaired) electrons. The van der Waals surface area contributed by atoms with E-state index in [0.717, 1.165) is 12.8 Å². The Labute approximate surface area is 78.8 Å². The van der Waals surface area contributed by atoms with Gasteiger partial charge in [0.05, 0.1) is 6.61 Å². The highest BCUT2D eigenvalue weighted by Gasteiger charge is 2.07. The van der Waals surface area contributed by atoms with Crippen molar-refractivity contribution < 1.29 is 14.7 Å². The summed E-state index contributed by atoms with van der Waals surface area (Å²) in [6.07, 6.45) is 3.59. The predicted octanol–water partition coefficient (Wildman–Crippen LogP) is 1.29. The molecule has 0 saturated carbocycles. The van der Waals surface area contributed by atoms with E-state index < -0.39 is 5.97 Å². The Bertz CT molecular complexity index is 159. The van der Waals surface area contributed by atoms with Crippen LogP contribution in [0.4, 0.5) is 0 Å². The van der Waals surface area contributed by atoms with Crippen LogP contribution in [0.1, 0.15) is 19.8 Å². The van der Waals surface area contributed by atoms with Crippen LogP contribution in [-0.2, 0) is 9.63 Å². The van der Waals surface area contributed by atoms with Crippen molar-refractivity contribution in [3.63, 3.8) is 0 Å². The molecule has 0 aliphatic heterocycles. The van der Waals surface area contributed by atoms with Crippen molar-refractivity contribution in [3.05, 3.63) is 12.7 Å². The van der Waals surface area contributed by atoms with E-state index in [0.29, 0.717) is 13.2 Å². The maximum atomic E-state index is 10.4. The van der Waals surface area contributed by atoms with Crippen LogP contribution in [0.5, 0.6) is 0 Å². The fourth-order valence-corrected chi connectivity index (χ4v) is 0.796. The fraction of sp³-hybridized carbons (Fsp3) is 0.667. The van der Waals surface area contributed by atoms with Gasteiger partial charge in [0.15, 0.2) is 0 Å². The van der Waals surface area contributed by atoms with Crippen LogP contribution >= 0.6 is 0 Å². The van der Waals surface area contributed by atoms with Gasteiger partial charge in [-0.15, -0.1) is 6.58 Å². The first kappa shape index (κ1) is 12.1. The van der Waals surface area contributed by atoms with Gasteiger partial charge in [0.2, 0.25) is 0 Å². The van der Waals surface area contributed by atoms with Crippen molar-refractivity contribution in [1.29, 1.82) is 0 Å². The number of carboxylic acids is 1. The minimum absolute atomic E-state index is 0.101. The van der Waals surface area contributed by atoms with Gasteiger partial charge in [-0.3, -0.25) is 9.63 Å². The molecule has 0 aliphatic carbocycles. The molecule has 1 N–H and O–H groups in total. The standard InChI is InChI=1S/C9H17NO3/c1-3-5-7-13-10(6-4-2)8-9(11)12/h4H,2-3,5-8H2,1H3,(H,11,12). The summed E-state index contributed by atoms with van der Waals surface area (Å²) in [5.74, 6) is -0.890. The van der Waals surface area contributed by atoms with Crippen LogP contribution < -0.4 is 0 Å². The highest BCUT2D eigenvalue weighted by atomic mass is 16.7. The predicted molar refractivity (Wildman–Crippen MR) is 50.3 cm³/mol. The summed E-state index contributed by atoms with van der Waals surface area (Å²) in [7, 11) is 0. The molecular weight excluding hydrogens is 170 g/mol. The smallest absolute Gasteiger partial charge is 0.320 e. The summed E-state index contributed by atoms with van der Waals surface area (Å²) in [5.41, 5.74) is 0. The van der Waals surface area contributed by atoms with Crippen molar-refractivity contribution in [2.45, 2.75) is 19.8 Å². The molecular formula is C9H17NO3. The van der Waals surface area contributed by atoms with Gasteiger partial charge in [0, 0.05) is 6.54 Å². The highest BCUT2D eigenvalue weighted by molar-refractivity contribution is 5.68. The number of hydrogen-bond acceptors (Lipinski definition) is 3. The van der Waals surface area contributed by atoms with E-state index in [4.69, 9.17) is 9.94 Å². The van der Waals surface area contributed by atoms with E-state index in [1.165, 1.54) is 5.06 Å². The quantitative estimate of drug-likeness (QED) is 0.353. The third-order valence-electron chi connectivity index (χ3n) is 1.42. The highest BCUT2D eigenvalue weighted by Crippen LogP contribution is 1.94. The molecule has 0 spiro atoms. The van der Waals surface area contributed by atoms with Gasteiger partial charge >= 0.3 is 5.97 Å². The fourth-order valence-electron chi connectivity index (χ4n) is 0.796. The summed E-state index contributed by atoms with van der Waals surface area (Å²) in [6.45, 7) is 6.48. The van der Waals surface area contributed by atoms with E-state index in [9.17, 15) is 4.79 Å². The van der Waals surface area contributed by atoms with E-state index >= 15 is 0 Å². The summed E-state index contributed by atoms with van der Waals surface area (Å²) in [4.78, 5) is 15.6. The minimum Gasteiger partial charge on any atom is -0.480 e. The Kier molecular flexibility index (Phi) is 7.24. The van der Waals surface area contributed by atoms with Crippen molar-refractivity contribution in [1.82, 2.24) is 5.06 Å². The summed E-state index contributed by atoms with van der Waals surface area (Å²) >= 11 is 0. The van der Waals surface area contributed by atoms with Crippen molar-refractivity contribution in [2.75, 3.05) is 19.7 Å². The molecule has 0 aromatic rings. The molecule has 76 valence electrons. The lowest BCUT2D eigenvalue weighted by molar-refractivity contribution is -0.172. The number of rotatable bonds is 8. The van der Waals surface area contributed by atoms with Crippen LogP contribution in [0.2, 0.25) is 0 Å². The van der Waals surface area contributed by atoms with E-state index in [-0.39, 0.29) is 6.54 Å². The topological polar surface area (TPSA) is 49.8 Å². The average molecular weight is 187 g/mol. The molecule has 4 nitrogen and oxygen atoms in total. The zero-order valence-corrected chi connectivity index (χ0v) is 8.03. The molecule has 0 bridgehead atoms. The third-order valence-corrected chi connectivity index (χ3v) is 1.42. The molecule has 0 aromatic carbocycles. The first-order valence-corrected chi connectivity index (χ1v) is 4.41. The van der Waals surface area contributed by atoms with E-state index in [2.05, 4.69) is 13.5 Å². The molecule has 0 aliphatic rings. The van der Waals surface area contributed by atoms with Crippen LogP contribution in [0.15, 0.2) is 12.7 Å². The van der Waals surface area contributed by atoms with E-state index in [1.807, 2.05) is 0 Å². The summed E-state index contributed by atoms with van der Waals surface area (Å²) < 4.78 is 0. The van der Waals surface area contributed by atoms with Crippen molar-refractivity contribution in [2.24, 2.45) is 0 Å². The monoisotopic (exact) mass is 187 g/mol. The second kappa shape index (κ2) is 7.76. The molecule has 0 atom stereocenters. The average Bonchev–Trinajstić information content (AvgIpc) is 2.04. The Balaban J connectivity index is 3.65. The number of nitrogens with zero attached hydrogens (tertiary/aromatic N) is 1. The first-order chi connectivity index (χ1) is 6.20. The second-order valence-corrected chi connectivity index (χ2v) is 2.69. The zero-order chi connectivity index (χ0) is 10.1. The number of hydrogen-bond donors (Lipinski definition) is 1. The Morgan fingerprint density at radius 1 is 1.69 bits per heavy atom. The van der Waals surface area contributed by atoms with Gasteiger partial charge in [-0.2, -0.15) is 5.06 Å². The SMILES string of the molecule is C=CCN(CC(=O)O)OCCCC. The number of carbonyl (C=O) groups is 1. The Morgan fingerprint density at radius 3 is 2.85 bits per heavy atom. The Hall–Kier alpha value is -0.870. The van der Waals surface area contributed by atoms with Gasteiger partial charge in [-0.25, -0.2) is 0 Å². The van der Waals surface area contributed by atoms with Crippen molar-refractivity contribution >= 4 is 5.97 Å². The van der Waals surface area contributed by atoms with E-state index in [1.54, 1.807) is 6.08 Å². The number of aliphatic carboxylic acids is 1. The molecule has 0 unspecified atom stereocenters. The number of carboxylic acid groups (broad SMARTS) is 1. The van der Waals surface area contributed by atoms with Crippen LogP contribution in [-0.4, -0.2) is 35.8 Å².